The molecule has 0 aliphatic rings. The summed E-state index contributed by atoms with van der Waals surface area (Å²) >= 11 is 0. The van der Waals surface area contributed by atoms with E-state index in [9.17, 15) is 4.79 Å². The molecule has 0 spiro atoms. The van der Waals surface area contributed by atoms with E-state index in [1.807, 2.05) is 42.5 Å². The molecule has 27 heavy (non-hydrogen) atoms. The van der Waals surface area contributed by atoms with Gasteiger partial charge in [-0.2, -0.15) is 5.10 Å². The lowest BCUT2D eigenvalue weighted by Gasteiger charge is -2.06. The zero-order chi connectivity index (χ0) is 18.6. The van der Waals surface area contributed by atoms with E-state index in [4.69, 9.17) is 0 Å². The van der Waals surface area contributed by atoms with Gasteiger partial charge in [-0.05, 0) is 24.3 Å². The number of carbonyl (C=O) groups is 1. The van der Waals surface area contributed by atoms with Gasteiger partial charge in [-0.3, -0.25) is 19.4 Å². The van der Waals surface area contributed by atoms with Gasteiger partial charge in [-0.15, -0.1) is 0 Å². The summed E-state index contributed by atoms with van der Waals surface area (Å²) in [6.07, 6.45) is 5.79. The number of hydrogen-bond donors (Lipinski definition) is 1. The Kier molecular flexibility index (Phi) is 4.61. The number of hydrogen-bond acceptors (Lipinski definition) is 4. The van der Waals surface area contributed by atoms with E-state index < -0.39 is 0 Å². The van der Waals surface area contributed by atoms with Gasteiger partial charge in [0.25, 0.3) is 5.91 Å². The molecule has 1 N–H and O–H groups in total. The molecule has 134 valence electrons. The standard InChI is InChI=1S/C21H19N5O/c1-26-14-18(20(25-26)16-8-11-22-12-9-16)21(27)23-13-10-17-7-6-15-4-2-3-5-19(15)24-17/h2-9,11-12,14H,10,13H2,1H3,(H,23,27). The van der Waals surface area contributed by atoms with Crippen LogP contribution in [0.1, 0.15) is 16.1 Å². The fourth-order valence-electron chi connectivity index (χ4n) is 3.02. The predicted molar refractivity (Wildman–Crippen MR) is 104 cm³/mol. The first-order chi connectivity index (χ1) is 13.2. The molecule has 0 bridgehead atoms. The molecule has 0 saturated carbocycles. The number of fused-ring (bicyclic) bond motifs is 1. The Morgan fingerprint density at radius 2 is 1.89 bits per heavy atom. The quantitative estimate of drug-likeness (QED) is 0.596. The van der Waals surface area contributed by atoms with Crippen LogP contribution in [0.3, 0.4) is 0 Å². The fraction of sp³-hybridized carbons (Fsp3) is 0.143. The highest BCUT2D eigenvalue weighted by molar-refractivity contribution is 5.99. The Bertz CT molecular complexity index is 1090. The summed E-state index contributed by atoms with van der Waals surface area (Å²) in [6, 6.07) is 15.8. The Balaban J connectivity index is 1.45. The van der Waals surface area contributed by atoms with E-state index in [1.165, 1.54) is 0 Å². The largest absolute Gasteiger partial charge is 0.352 e. The van der Waals surface area contributed by atoms with E-state index in [1.54, 1.807) is 30.3 Å². The Labute approximate surface area is 156 Å². The van der Waals surface area contributed by atoms with Crippen LogP contribution in [0.25, 0.3) is 22.2 Å². The van der Waals surface area contributed by atoms with Crippen molar-refractivity contribution < 1.29 is 4.79 Å². The van der Waals surface area contributed by atoms with E-state index in [0.29, 0.717) is 24.2 Å². The number of nitrogens with one attached hydrogen (secondary N) is 1. The molecule has 4 rings (SSSR count). The van der Waals surface area contributed by atoms with E-state index in [0.717, 1.165) is 22.2 Å². The monoisotopic (exact) mass is 357 g/mol. The molecule has 0 aliphatic heterocycles. The lowest BCUT2D eigenvalue weighted by molar-refractivity contribution is 0.0954. The molecule has 0 aliphatic carbocycles. The van der Waals surface area contributed by atoms with E-state index in [-0.39, 0.29) is 5.91 Å². The van der Waals surface area contributed by atoms with Crippen molar-refractivity contribution in [3.63, 3.8) is 0 Å². The first-order valence-electron chi connectivity index (χ1n) is 8.77. The molecule has 3 heterocycles. The summed E-state index contributed by atoms with van der Waals surface area (Å²) in [7, 11) is 1.81. The van der Waals surface area contributed by atoms with Gasteiger partial charge in [0, 0.05) is 55.2 Å². The third-order valence-electron chi connectivity index (χ3n) is 4.35. The van der Waals surface area contributed by atoms with Crippen LogP contribution in [0, 0.1) is 0 Å². The third-order valence-corrected chi connectivity index (χ3v) is 4.35. The maximum Gasteiger partial charge on any atom is 0.255 e. The molecule has 1 aromatic carbocycles. The van der Waals surface area contributed by atoms with Crippen molar-refractivity contribution in [2.24, 2.45) is 7.05 Å². The summed E-state index contributed by atoms with van der Waals surface area (Å²) < 4.78 is 1.65. The molecule has 6 heteroatoms. The predicted octanol–water partition coefficient (Wildman–Crippen LogP) is 3.00. The SMILES string of the molecule is Cn1cc(C(=O)NCCc2ccc3ccccc3n2)c(-c2ccncc2)n1. The fourth-order valence-corrected chi connectivity index (χ4v) is 3.02. The highest BCUT2D eigenvalue weighted by Crippen LogP contribution is 2.21. The van der Waals surface area contributed by atoms with Gasteiger partial charge in [0.15, 0.2) is 0 Å². The topological polar surface area (TPSA) is 72.7 Å². The minimum absolute atomic E-state index is 0.143. The van der Waals surface area contributed by atoms with Gasteiger partial charge in [0.2, 0.25) is 0 Å². The number of rotatable bonds is 5. The van der Waals surface area contributed by atoms with Crippen molar-refractivity contribution in [3.05, 3.63) is 78.4 Å². The van der Waals surface area contributed by atoms with Gasteiger partial charge in [-0.1, -0.05) is 24.3 Å². The molecular weight excluding hydrogens is 338 g/mol. The number of nitrogens with zero attached hydrogens (tertiary/aromatic N) is 4. The zero-order valence-corrected chi connectivity index (χ0v) is 15.0. The minimum atomic E-state index is -0.143. The molecule has 4 aromatic rings. The Morgan fingerprint density at radius 1 is 1.07 bits per heavy atom. The molecule has 6 nitrogen and oxygen atoms in total. The smallest absolute Gasteiger partial charge is 0.255 e. The Hall–Kier alpha value is -3.54. The summed E-state index contributed by atoms with van der Waals surface area (Å²) in [5.74, 6) is -0.143. The molecule has 0 saturated heterocycles. The van der Waals surface area contributed by atoms with Crippen LogP contribution in [0.4, 0.5) is 0 Å². The first kappa shape index (κ1) is 16.9. The van der Waals surface area contributed by atoms with E-state index >= 15 is 0 Å². The van der Waals surface area contributed by atoms with Gasteiger partial charge in [0.05, 0.1) is 11.1 Å². The third kappa shape index (κ3) is 3.69. The molecule has 0 radical (unpaired) electrons. The van der Waals surface area contributed by atoms with Crippen molar-refractivity contribution in [2.45, 2.75) is 6.42 Å². The molecule has 1 amide bonds. The summed E-state index contributed by atoms with van der Waals surface area (Å²) in [6.45, 7) is 0.509. The Morgan fingerprint density at radius 3 is 2.74 bits per heavy atom. The van der Waals surface area contributed by atoms with Crippen molar-refractivity contribution in [2.75, 3.05) is 6.54 Å². The van der Waals surface area contributed by atoms with Crippen LogP contribution in [0.2, 0.25) is 0 Å². The number of benzene rings is 1. The number of aromatic nitrogens is 4. The summed E-state index contributed by atoms with van der Waals surface area (Å²) in [5, 5.41) is 8.50. The number of amides is 1. The average molecular weight is 357 g/mol. The highest BCUT2D eigenvalue weighted by Gasteiger charge is 2.16. The molecule has 0 fully saturated rings. The van der Waals surface area contributed by atoms with Crippen molar-refractivity contribution >= 4 is 16.8 Å². The summed E-state index contributed by atoms with van der Waals surface area (Å²) in [4.78, 5) is 21.3. The van der Waals surface area contributed by atoms with Gasteiger partial charge < -0.3 is 5.32 Å². The molecule has 0 atom stereocenters. The highest BCUT2D eigenvalue weighted by atomic mass is 16.1. The van der Waals surface area contributed by atoms with Crippen molar-refractivity contribution in [1.29, 1.82) is 0 Å². The lowest BCUT2D eigenvalue weighted by atomic mass is 10.1. The second-order valence-electron chi connectivity index (χ2n) is 6.30. The van der Waals surface area contributed by atoms with Crippen LogP contribution < -0.4 is 5.32 Å². The van der Waals surface area contributed by atoms with Gasteiger partial charge in [0.1, 0.15) is 5.69 Å². The van der Waals surface area contributed by atoms with E-state index in [2.05, 4.69) is 26.4 Å². The number of carbonyl (C=O) groups excluding carboxylic acids is 1. The second kappa shape index (κ2) is 7.37. The van der Waals surface area contributed by atoms with Gasteiger partial charge >= 0.3 is 0 Å². The van der Waals surface area contributed by atoms with Crippen molar-refractivity contribution in [1.82, 2.24) is 25.1 Å². The van der Waals surface area contributed by atoms with Crippen molar-refractivity contribution in [3.8, 4) is 11.3 Å². The number of aryl methyl sites for hydroxylation is 1. The number of pyridine rings is 2. The molecular formula is C21H19N5O. The maximum atomic E-state index is 12.7. The lowest BCUT2D eigenvalue weighted by Crippen LogP contribution is -2.26. The second-order valence-corrected chi connectivity index (χ2v) is 6.30. The minimum Gasteiger partial charge on any atom is -0.352 e. The normalized spacial score (nSPS) is 10.9. The van der Waals surface area contributed by atoms with Crippen LogP contribution in [-0.2, 0) is 13.5 Å². The van der Waals surface area contributed by atoms with Gasteiger partial charge in [-0.25, -0.2) is 0 Å². The van der Waals surface area contributed by atoms with Crippen LogP contribution in [0.15, 0.2) is 67.1 Å². The summed E-state index contributed by atoms with van der Waals surface area (Å²) in [5.41, 5.74) is 3.99. The average Bonchev–Trinajstić information content (AvgIpc) is 3.10. The van der Waals surface area contributed by atoms with Crippen LogP contribution in [0.5, 0.6) is 0 Å². The number of para-hydroxylation sites is 1. The zero-order valence-electron chi connectivity index (χ0n) is 15.0. The first-order valence-corrected chi connectivity index (χ1v) is 8.77. The van der Waals surface area contributed by atoms with Crippen LogP contribution in [-0.4, -0.2) is 32.2 Å². The van der Waals surface area contributed by atoms with Crippen LogP contribution >= 0.6 is 0 Å². The molecule has 0 unspecified atom stereocenters. The molecule has 3 aromatic heterocycles. The maximum absolute atomic E-state index is 12.7.